The third-order valence-corrected chi connectivity index (χ3v) is 2.17. The lowest BCUT2D eigenvalue weighted by Crippen LogP contribution is -2.03. The van der Waals surface area contributed by atoms with E-state index < -0.39 is 0 Å². The second kappa shape index (κ2) is 4.70. The lowest BCUT2D eigenvalue weighted by molar-refractivity contribution is 0.630. The fourth-order valence-electron chi connectivity index (χ4n) is 1.49. The van der Waals surface area contributed by atoms with Gasteiger partial charge >= 0.3 is 0 Å². The topological polar surface area (TPSA) is 37.8 Å². The van der Waals surface area contributed by atoms with Crippen LogP contribution in [0.4, 0.5) is 10.2 Å². The molecule has 0 bridgehead atoms. The summed E-state index contributed by atoms with van der Waals surface area (Å²) in [6, 6.07) is 6.55. The first kappa shape index (κ1) is 10.5. The molecule has 1 N–H and O–H groups in total. The fraction of sp³-hybridized carbons (Fsp3) is 0.167. The lowest BCUT2D eigenvalue weighted by atomic mass is 10.1. The average Bonchev–Trinajstić information content (AvgIpc) is 2.31. The minimum atomic E-state index is -0.290. The van der Waals surface area contributed by atoms with Crippen molar-refractivity contribution in [1.82, 2.24) is 9.97 Å². The second-order valence-corrected chi connectivity index (χ2v) is 3.26. The molecule has 0 saturated heterocycles. The van der Waals surface area contributed by atoms with Crippen LogP contribution in [0.5, 0.6) is 0 Å². The van der Waals surface area contributed by atoms with E-state index in [2.05, 4.69) is 15.3 Å². The van der Waals surface area contributed by atoms with E-state index in [0.29, 0.717) is 17.1 Å². The molecule has 2 aromatic rings. The van der Waals surface area contributed by atoms with E-state index in [-0.39, 0.29) is 5.82 Å². The molecule has 0 radical (unpaired) electrons. The van der Waals surface area contributed by atoms with Gasteiger partial charge in [-0.1, -0.05) is 12.1 Å². The fourth-order valence-corrected chi connectivity index (χ4v) is 1.49. The van der Waals surface area contributed by atoms with Gasteiger partial charge in [-0.15, -0.1) is 0 Å². The van der Waals surface area contributed by atoms with Gasteiger partial charge in [0.1, 0.15) is 11.5 Å². The Morgan fingerprint density at radius 2 is 1.94 bits per heavy atom. The van der Waals surface area contributed by atoms with Crippen molar-refractivity contribution in [3.63, 3.8) is 0 Å². The molecule has 2 rings (SSSR count). The van der Waals surface area contributed by atoms with Gasteiger partial charge in [0.05, 0.1) is 0 Å². The van der Waals surface area contributed by atoms with Crippen LogP contribution in [0.15, 0.2) is 36.7 Å². The van der Waals surface area contributed by atoms with Gasteiger partial charge in [0.15, 0.2) is 5.82 Å². The molecule has 1 heterocycles. The van der Waals surface area contributed by atoms with E-state index in [4.69, 9.17) is 0 Å². The summed E-state index contributed by atoms with van der Waals surface area (Å²) in [4.78, 5) is 8.31. The number of benzene rings is 1. The molecule has 4 heteroatoms. The van der Waals surface area contributed by atoms with Crippen LogP contribution in [0.3, 0.4) is 0 Å². The Balaban J connectivity index is 2.51. The van der Waals surface area contributed by atoms with E-state index in [1.807, 2.05) is 6.92 Å². The monoisotopic (exact) mass is 217 g/mol. The molecule has 0 aliphatic carbocycles. The van der Waals surface area contributed by atoms with Crippen LogP contribution in [0.1, 0.15) is 6.92 Å². The molecule has 0 saturated carbocycles. The number of halogens is 1. The zero-order chi connectivity index (χ0) is 11.4. The minimum absolute atomic E-state index is 0.290. The molecule has 82 valence electrons. The maximum atomic E-state index is 13.6. The molecule has 0 atom stereocenters. The molecule has 1 aromatic carbocycles. The quantitative estimate of drug-likeness (QED) is 0.859. The van der Waals surface area contributed by atoms with E-state index in [1.165, 1.54) is 6.07 Å². The molecule has 0 fully saturated rings. The SMILES string of the molecule is CCNc1nccnc1-c1ccccc1F. The van der Waals surface area contributed by atoms with Gasteiger partial charge in [-0.05, 0) is 19.1 Å². The Bertz CT molecular complexity index is 485. The Morgan fingerprint density at radius 3 is 2.69 bits per heavy atom. The third kappa shape index (κ3) is 2.00. The largest absolute Gasteiger partial charge is 0.369 e. The maximum absolute atomic E-state index is 13.6. The van der Waals surface area contributed by atoms with Crippen LogP contribution in [0.25, 0.3) is 11.3 Å². The van der Waals surface area contributed by atoms with Gasteiger partial charge < -0.3 is 5.32 Å². The summed E-state index contributed by atoms with van der Waals surface area (Å²) in [5.74, 6) is 0.317. The molecular weight excluding hydrogens is 205 g/mol. The molecule has 0 unspecified atom stereocenters. The van der Waals surface area contributed by atoms with Crippen LogP contribution in [0.2, 0.25) is 0 Å². The highest BCUT2D eigenvalue weighted by Gasteiger charge is 2.10. The summed E-state index contributed by atoms with van der Waals surface area (Å²) in [6.45, 7) is 2.68. The van der Waals surface area contributed by atoms with Gasteiger partial charge in [-0.3, -0.25) is 4.98 Å². The van der Waals surface area contributed by atoms with Crippen LogP contribution in [0, 0.1) is 5.82 Å². The normalized spacial score (nSPS) is 10.1. The Kier molecular flexibility index (Phi) is 3.10. The van der Waals surface area contributed by atoms with Crippen molar-refractivity contribution in [3.05, 3.63) is 42.5 Å². The zero-order valence-corrected chi connectivity index (χ0v) is 8.94. The molecule has 0 aliphatic heterocycles. The van der Waals surface area contributed by atoms with Crippen molar-refractivity contribution in [2.75, 3.05) is 11.9 Å². The van der Waals surface area contributed by atoms with Gasteiger partial charge in [0.25, 0.3) is 0 Å². The predicted molar refractivity (Wildman–Crippen MR) is 61.6 cm³/mol. The first-order chi connectivity index (χ1) is 7.83. The maximum Gasteiger partial charge on any atom is 0.152 e. The number of aromatic nitrogens is 2. The molecule has 0 aliphatic rings. The van der Waals surface area contributed by atoms with Crippen molar-refractivity contribution in [3.8, 4) is 11.3 Å². The summed E-state index contributed by atoms with van der Waals surface area (Å²) in [7, 11) is 0. The van der Waals surface area contributed by atoms with Gasteiger partial charge in [0, 0.05) is 24.5 Å². The first-order valence-electron chi connectivity index (χ1n) is 5.12. The van der Waals surface area contributed by atoms with Crippen LogP contribution < -0.4 is 5.32 Å². The molecular formula is C12H12FN3. The van der Waals surface area contributed by atoms with Gasteiger partial charge in [-0.25, -0.2) is 9.37 Å². The van der Waals surface area contributed by atoms with Gasteiger partial charge in [0.2, 0.25) is 0 Å². The Morgan fingerprint density at radius 1 is 1.19 bits per heavy atom. The summed E-state index contributed by atoms with van der Waals surface area (Å²) >= 11 is 0. The number of hydrogen-bond acceptors (Lipinski definition) is 3. The van der Waals surface area contributed by atoms with Crippen LogP contribution >= 0.6 is 0 Å². The van der Waals surface area contributed by atoms with E-state index >= 15 is 0 Å². The smallest absolute Gasteiger partial charge is 0.152 e. The standard InChI is InChI=1S/C12H12FN3/c1-2-14-12-11(15-7-8-16-12)9-5-3-4-6-10(9)13/h3-8H,2H2,1H3,(H,14,16). The number of nitrogens with one attached hydrogen (secondary N) is 1. The average molecular weight is 217 g/mol. The van der Waals surface area contributed by atoms with Crippen molar-refractivity contribution in [2.45, 2.75) is 6.92 Å². The Hall–Kier alpha value is -1.97. The summed E-state index contributed by atoms with van der Waals surface area (Å²) in [5, 5.41) is 3.06. The van der Waals surface area contributed by atoms with E-state index in [1.54, 1.807) is 30.6 Å². The van der Waals surface area contributed by atoms with Crippen molar-refractivity contribution < 1.29 is 4.39 Å². The molecule has 0 amide bonds. The zero-order valence-electron chi connectivity index (χ0n) is 8.94. The highest BCUT2D eigenvalue weighted by molar-refractivity contribution is 5.71. The first-order valence-corrected chi connectivity index (χ1v) is 5.12. The van der Waals surface area contributed by atoms with E-state index in [9.17, 15) is 4.39 Å². The summed E-state index contributed by atoms with van der Waals surface area (Å²) < 4.78 is 13.6. The lowest BCUT2D eigenvalue weighted by Gasteiger charge is -2.08. The summed E-state index contributed by atoms with van der Waals surface area (Å²) in [5.41, 5.74) is 1.01. The van der Waals surface area contributed by atoms with Crippen molar-refractivity contribution in [1.29, 1.82) is 0 Å². The number of anilines is 1. The Labute approximate surface area is 93.4 Å². The molecule has 16 heavy (non-hydrogen) atoms. The van der Waals surface area contributed by atoms with Crippen molar-refractivity contribution in [2.24, 2.45) is 0 Å². The number of rotatable bonds is 3. The molecule has 0 spiro atoms. The third-order valence-electron chi connectivity index (χ3n) is 2.17. The predicted octanol–water partition coefficient (Wildman–Crippen LogP) is 2.71. The van der Waals surface area contributed by atoms with E-state index in [0.717, 1.165) is 6.54 Å². The number of hydrogen-bond donors (Lipinski definition) is 1. The highest BCUT2D eigenvalue weighted by atomic mass is 19.1. The van der Waals surface area contributed by atoms with Gasteiger partial charge in [-0.2, -0.15) is 0 Å². The van der Waals surface area contributed by atoms with Crippen molar-refractivity contribution >= 4 is 5.82 Å². The van der Waals surface area contributed by atoms with Crippen LogP contribution in [-0.4, -0.2) is 16.5 Å². The molecule has 3 nitrogen and oxygen atoms in total. The highest BCUT2D eigenvalue weighted by Crippen LogP contribution is 2.25. The van der Waals surface area contributed by atoms with Crippen LogP contribution in [-0.2, 0) is 0 Å². The number of nitrogens with zero attached hydrogens (tertiary/aromatic N) is 2. The second-order valence-electron chi connectivity index (χ2n) is 3.26. The summed E-state index contributed by atoms with van der Waals surface area (Å²) in [6.07, 6.45) is 3.14. The minimum Gasteiger partial charge on any atom is -0.369 e. The molecule has 1 aromatic heterocycles.